The van der Waals surface area contributed by atoms with Crippen LogP contribution in [0, 0.1) is 11.3 Å². The Balaban J connectivity index is 2.74. The number of aliphatic hydroxyl groups is 1. The van der Waals surface area contributed by atoms with Gasteiger partial charge in [-0.2, -0.15) is 0 Å². The maximum Gasteiger partial charge on any atom is 0.312 e. The lowest BCUT2D eigenvalue weighted by atomic mass is 9.65. The molecule has 3 nitrogen and oxygen atoms in total. The zero-order chi connectivity index (χ0) is 11.7. The van der Waals surface area contributed by atoms with Crippen molar-refractivity contribution in [1.29, 1.82) is 0 Å². The largest absolute Gasteiger partial charge is 0.481 e. The summed E-state index contributed by atoms with van der Waals surface area (Å²) in [7, 11) is 0. The van der Waals surface area contributed by atoms with Crippen molar-refractivity contribution in [3.05, 3.63) is 0 Å². The number of carboxylic acid groups (broad SMARTS) is 1. The zero-order valence-corrected chi connectivity index (χ0v) is 9.92. The van der Waals surface area contributed by atoms with Crippen LogP contribution in [0.3, 0.4) is 0 Å². The summed E-state index contributed by atoms with van der Waals surface area (Å²) in [6, 6.07) is 0. The summed E-state index contributed by atoms with van der Waals surface area (Å²) >= 11 is 0. The number of carboxylic acids is 1. The molecule has 2 N–H and O–H groups in total. The Morgan fingerprint density at radius 1 is 1.40 bits per heavy atom. The maximum atomic E-state index is 11.1. The van der Waals surface area contributed by atoms with Crippen LogP contribution in [0.25, 0.3) is 0 Å². The highest BCUT2D eigenvalue weighted by molar-refractivity contribution is 5.75. The second kappa shape index (κ2) is 4.12. The van der Waals surface area contributed by atoms with Crippen LogP contribution >= 0.6 is 0 Å². The van der Waals surface area contributed by atoms with Gasteiger partial charge in [0.05, 0.1) is 11.0 Å². The van der Waals surface area contributed by atoms with Crippen molar-refractivity contribution in [2.24, 2.45) is 11.3 Å². The molecule has 1 rings (SSSR count). The van der Waals surface area contributed by atoms with Gasteiger partial charge in [-0.15, -0.1) is 0 Å². The Labute approximate surface area is 91.5 Å². The minimum Gasteiger partial charge on any atom is -0.481 e. The number of aliphatic carboxylic acids is 1. The van der Waals surface area contributed by atoms with Crippen LogP contribution in [-0.4, -0.2) is 21.8 Å². The van der Waals surface area contributed by atoms with Gasteiger partial charge in [-0.25, -0.2) is 0 Å². The number of carbonyl (C=O) groups is 1. The van der Waals surface area contributed by atoms with Crippen molar-refractivity contribution >= 4 is 5.97 Å². The lowest BCUT2D eigenvalue weighted by Crippen LogP contribution is -2.51. The predicted octanol–water partition coefficient (Wildman–Crippen LogP) is 2.43. The topological polar surface area (TPSA) is 57.5 Å². The minimum absolute atomic E-state index is 0.616. The molecule has 15 heavy (non-hydrogen) atoms. The number of rotatable bonds is 3. The molecular formula is C12H22O3. The average molecular weight is 214 g/mol. The van der Waals surface area contributed by atoms with E-state index >= 15 is 0 Å². The quantitative estimate of drug-likeness (QED) is 0.758. The molecule has 88 valence electrons. The highest BCUT2D eigenvalue weighted by Gasteiger charge is 2.50. The van der Waals surface area contributed by atoms with Gasteiger partial charge in [0, 0.05) is 0 Å². The molecule has 1 aliphatic rings. The molecule has 0 spiro atoms. The van der Waals surface area contributed by atoms with E-state index in [1.54, 1.807) is 13.8 Å². The van der Waals surface area contributed by atoms with Gasteiger partial charge in [0.15, 0.2) is 0 Å². The van der Waals surface area contributed by atoms with Gasteiger partial charge in [0.1, 0.15) is 0 Å². The smallest absolute Gasteiger partial charge is 0.312 e. The van der Waals surface area contributed by atoms with E-state index in [1.165, 1.54) is 0 Å². The van der Waals surface area contributed by atoms with Crippen molar-refractivity contribution in [3.63, 3.8) is 0 Å². The van der Waals surface area contributed by atoms with Crippen LogP contribution in [-0.2, 0) is 4.79 Å². The fourth-order valence-electron chi connectivity index (χ4n) is 2.39. The lowest BCUT2D eigenvalue weighted by molar-refractivity contribution is -0.170. The molecule has 0 radical (unpaired) electrons. The molecule has 1 fully saturated rings. The van der Waals surface area contributed by atoms with Gasteiger partial charge < -0.3 is 10.2 Å². The van der Waals surface area contributed by atoms with Crippen molar-refractivity contribution in [3.8, 4) is 0 Å². The SMILES string of the molecule is CCC1CCC(O)(C(C)(C)C(=O)O)CC1. The van der Waals surface area contributed by atoms with E-state index in [0.29, 0.717) is 18.8 Å². The molecule has 0 aromatic rings. The Morgan fingerprint density at radius 3 is 2.20 bits per heavy atom. The second-order valence-corrected chi connectivity index (χ2v) is 5.31. The zero-order valence-electron chi connectivity index (χ0n) is 9.92. The Kier molecular flexibility index (Phi) is 3.44. The van der Waals surface area contributed by atoms with Gasteiger partial charge in [0.25, 0.3) is 0 Å². The summed E-state index contributed by atoms with van der Waals surface area (Å²) in [4.78, 5) is 11.1. The van der Waals surface area contributed by atoms with E-state index in [-0.39, 0.29) is 0 Å². The first-order valence-corrected chi connectivity index (χ1v) is 5.79. The van der Waals surface area contributed by atoms with E-state index in [1.807, 2.05) is 0 Å². The molecule has 0 bridgehead atoms. The number of hydrogen-bond acceptors (Lipinski definition) is 2. The van der Waals surface area contributed by atoms with Crippen molar-refractivity contribution in [1.82, 2.24) is 0 Å². The van der Waals surface area contributed by atoms with Crippen molar-refractivity contribution < 1.29 is 15.0 Å². The Bertz CT molecular complexity index is 237. The van der Waals surface area contributed by atoms with Crippen LogP contribution in [0.5, 0.6) is 0 Å². The average Bonchev–Trinajstić information content (AvgIpc) is 2.18. The standard InChI is InChI=1S/C12H22O3/c1-4-9-5-7-12(15,8-6-9)11(2,3)10(13)14/h9,15H,4-8H2,1-3H3,(H,13,14). The molecule has 0 amide bonds. The Morgan fingerprint density at radius 2 is 1.87 bits per heavy atom. The summed E-state index contributed by atoms with van der Waals surface area (Å²) in [5.74, 6) is -0.241. The van der Waals surface area contributed by atoms with Crippen LogP contribution in [0.1, 0.15) is 52.9 Å². The summed E-state index contributed by atoms with van der Waals surface area (Å²) in [5.41, 5.74) is -2.06. The first-order valence-electron chi connectivity index (χ1n) is 5.79. The third kappa shape index (κ3) is 2.17. The highest BCUT2D eigenvalue weighted by Crippen LogP contribution is 2.44. The van der Waals surface area contributed by atoms with E-state index in [4.69, 9.17) is 5.11 Å². The van der Waals surface area contributed by atoms with Gasteiger partial charge in [0.2, 0.25) is 0 Å². The molecule has 0 atom stereocenters. The summed E-state index contributed by atoms with van der Waals surface area (Å²) in [6.07, 6.45) is 4.26. The van der Waals surface area contributed by atoms with E-state index in [2.05, 4.69) is 6.92 Å². The van der Waals surface area contributed by atoms with Crippen LogP contribution in [0.2, 0.25) is 0 Å². The minimum atomic E-state index is -1.04. The first-order chi connectivity index (χ1) is 6.83. The molecule has 0 saturated heterocycles. The molecule has 0 heterocycles. The third-order valence-corrected chi connectivity index (χ3v) is 4.21. The lowest BCUT2D eigenvalue weighted by Gasteiger charge is -2.44. The Hall–Kier alpha value is -0.570. The van der Waals surface area contributed by atoms with Crippen LogP contribution < -0.4 is 0 Å². The van der Waals surface area contributed by atoms with Gasteiger partial charge in [-0.05, 0) is 45.4 Å². The van der Waals surface area contributed by atoms with Gasteiger partial charge >= 0.3 is 5.97 Å². The van der Waals surface area contributed by atoms with Gasteiger partial charge in [-0.3, -0.25) is 4.79 Å². The maximum absolute atomic E-state index is 11.1. The summed E-state index contributed by atoms with van der Waals surface area (Å²) in [6.45, 7) is 5.40. The second-order valence-electron chi connectivity index (χ2n) is 5.31. The molecule has 0 aromatic heterocycles. The fourth-order valence-corrected chi connectivity index (χ4v) is 2.39. The summed E-state index contributed by atoms with van der Waals surface area (Å²) < 4.78 is 0. The molecule has 0 aromatic carbocycles. The summed E-state index contributed by atoms with van der Waals surface area (Å²) in [5, 5.41) is 19.5. The monoisotopic (exact) mass is 214 g/mol. The molecule has 1 aliphatic carbocycles. The molecular weight excluding hydrogens is 192 g/mol. The molecule has 0 aliphatic heterocycles. The normalized spacial score (nSPS) is 32.7. The van der Waals surface area contributed by atoms with Crippen molar-refractivity contribution in [2.75, 3.05) is 0 Å². The van der Waals surface area contributed by atoms with Crippen LogP contribution in [0.15, 0.2) is 0 Å². The fraction of sp³-hybridized carbons (Fsp3) is 0.917. The van der Waals surface area contributed by atoms with E-state index in [0.717, 1.165) is 19.3 Å². The van der Waals surface area contributed by atoms with E-state index in [9.17, 15) is 9.90 Å². The predicted molar refractivity (Wildman–Crippen MR) is 58.6 cm³/mol. The van der Waals surface area contributed by atoms with Crippen molar-refractivity contribution in [2.45, 2.75) is 58.5 Å². The van der Waals surface area contributed by atoms with Crippen LogP contribution in [0.4, 0.5) is 0 Å². The highest BCUT2D eigenvalue weighted by atomic mass is 16.4. The molecule has 0 unspecified atom stereocenters. The number of hydrogen-bond donors (Lipinski definition) is 2. The third-order valence-electron chi connectivity index (χ3n) is 4.21. The molecule has 1 saturated carbocycles. The van der Waals surface area contributed by atoms with Gasteiger partial charge in [-0.1, -0.05) is 13.3 Å². The molecule has 3 heteroatoms. The van der Waals surface area contributed by atoms with E-state index < -0.39 is 17.0 Å². The first kappa shape index (κ1) is 12.5.